The van der Waals surface area contributed by atoms with Crippen molar-refractivity contribution in [1.29, 1.82) is 0 Å². The smallest absolute Gasteiger partial charge is 0.191 e. The molecule has 3 rings (SSSR count). The highest BCUT2D eigenvalue weighted by atomic mass is 32.2. The van der Waals surface area contributed by atoms with Crippen LogP contribution in [0.5, 0.6) is 5.75 Å². The van der Waals surface area contributed by atoms with E-state index in [1.807, 2.05) is 19.2 Å². The average Bonchev–Trinajstić information content (AvgIpc) is 3.19. The quantitative estimate of drug-likeness (QED) is 0.454. The molecule has 0 aromatic heterocycles. The maximum Gasteiger partial charge on any atom is 0.191 e. The second-order valence-corrected chi connectivity index (χ2v) is 7.40. The van der Waals surface area contributed by atoms with Gasteiger partial charge in [-0.1, -0.05) is 24.3 Å². The number of aliphatic imine (C=N–C) groups is 1. The predicted molar refractivity (Wildman–Crippen MR) is 115 cm³/mol. The standard InChI is InChI=1S/C21H28N4OS/c1-22-21(23-14-16-8-10-18(27-3)11-9-16)24-17-12-13-25(15-17)19-6-4-5-7-20(19)26-2/h4-11,17H,12-15H2,1-3H3,(H2,22,23,24). The number of para-hydroxylation sites is 2. The van der Waals surface area contributed by atoms with Crippen LogP contribution < -0.4 is 20.3 Å². The fourth-order valence-corrected chi connectivity index (χ4v) is 3.71. The first-order valence-electron chi connectivity index (χ1n) is 9.21. The minimum atomic E-state index is 0.361. The highest BCUT2D eigenvalue weighted by Crippen LogP contribution is 2.30. The summed E-state index contributed by atoms with van der Waals surface area (Å²) in [5.74, 6) is 1.77. The van der Waals surface area contributed by atoms with Crippen molar-refractivity contribution in [1.82, 2.24) is 10.6 Å². The van der Waals surface area contributed by atoms with Gasteiger partial charge in [-0.05, 0) is 42.5 Å². The van der Waals surface area contributed by atoms with Gasteiger partial charge in [0, 0.05) is 37.6 Å². The van der Waals surface area contributed by atoms with Crippen LogP contribution in [-0.4, -0.2) is 45.5 Å². The molecule has 0 aliphatic carbocycles. The number of ether oxygens (including phenoxy) is 1. The van der Waals surface area contributed by atoms with Crippen molar-refractivity contribution in [2.24, 2.45) is 4.99 Å². The molecule has 0 spiro atoms. The van der Waals surface area contributed by atoms with Gasteiger partial charge in [0.05, 0.1) is 12.8 Å². The van der Waals surface area contributed by atoms with Crippen molar-refractivity contribution in [3.05, 3.63) is 54.1 Å². The van der Waals surface area contributed by atoms with Crippen LogP contribution in [0.2, 0.25) is 0 Å². The second-order valence-electron chi connectivity index (χ2n) is 6.52. The molecular formula is C21H28N4OS. The van der Waals surface area contributed by atoms with E-state index in [4.69, 9.17) is 4.74 Å². The predicted octanol–water partition coefficient (Wildman–Crippen LogP) is 3.36. The molecule has 5 nitrogen and oxygen atoms in total. The van der Waals surface area contributed by atoms with Crippen LogP contribution >= 0.6 is 11.8 Å². The van der Waals surface area contributed by atoms with Gasteiger partial charge in [-0.25, -0.2) is 0 Å². The first kappa shape index (κ1) is 19.4. The molecule has 1 heterocycles. The number of nitrogens with zero attached hydrogens (tertiary/aromatic N) is 2. The number of anilines is 1. The van der Waals surface area contributed by atoms with Crippen LogP contribution in [0.15, 0.2) is 58.4 Å². The third-order valence-electron chi connectivity index (χ3n) is 4.80. The summed E-state index contributed by atoms with van der Waals surface area (Å²) in [4.78, 5) is 8.03. The number of hydrogen-bond donors (Lipinski definition) is 2. The van der Waals surface area contributed by atoms with Crippen molar-refractivity contribution in [2.75, 3.05) is 38.4 Å². The lowest BCUT2D eigenvalue weighted by Gasteiger charge is -2.22. The van der Waals surface area contributed by atoms with Crippen molar-refractivity contribution >= 4 is 23.4 Å². The molecule has 0 amide bonds. The Kier molecular flexibility index (Phi) is 6.87. The maximum atomic E-state index is 5.50. The molecule has 1 aliphatic rings. The maximum absolute atomic E-state index is 5.50. The summed E-state index contributed by atoms with van der Waals surface area (Å²) < 4.78 is 5.50. The number of rotatable bonds is 6. The van der Waals surface area contributed by atoms with Gasteiger partial charge < -0.3 is 20.3 Å². The van der Waals surface area contributed by atoms with Gasteiger partial charge in [0.2, 0.25) is 0 Å². The van der Waals surface area contributed by atoms with E-state index in [9.17, 15) is 0 Å². The Labute approximate surface area is 166 Å². The third kappa shape index (κ3) is 5.10. The average molecular weight is 385 g/mol. The summed E-state index contributed by atoms with van der Waals surface area (Å²) in [7, 11) is 3.54. The van der Waals surface area contributed by atoms with E-state index in [1.165, 1.54) is 10.5 Å². The summed E-state index contributed by atoms with van der Waals surface area (Å²) in [6.45, 7) is 2.70. The Bertz CT molecular complexity index is 763. The van der Waals surface area contributed by atoms with Crippen LogP contribution in [0.25, 0.3) is 0 Å². The molecule has 1 aliphatic heterocycles. The molecule has 1 fully saturated rings. The fourth-order valence-electron chi connectivity index (χ4n) is 3.31. The van der Waals surface area contributed by atoms with Gasteiger partial charge in [0.15, 0.2) is 5.96 Å². The number of nitrogens with one attached hydrogen (secondary N) is 2. The number of benzene rings is 2. The molecule has 2 aromatic carbocycles. The number of methoxy groups -OCH3 is 1. The number of hydrogen-bond acceptors (Lipinski definition) is 4. The topological polar surface area (TPSA) is 48.9 Å². The highest BCUT2D eigenvalue weighted by Gasteiger charge is 2.25. The molecule has 1 unspecified atom stereocenters. The van der Waals surface area contributed by atoms with Gasteiger partial charge in [-0.15, -0.1) is 11.8 Å². The van der Waals surface area contributed by atoms with Gasteiger partial charge in [0.25, 0.3) is 0 Å². The van der Waals surface area contributed by atoms with Crippen LogP contribution in [-0.2, 0) is 6.54 Å². The van der Waals surface area contributed by atoms with Crippen molar-refractivity contribution < 1.29 is 4.74 Å². The lowest BCUT2D eigenvalue weighted by Crippen LogP contribution is -2.44. The Balaban J connectivity index is 1.53. The summed E-state index contributed by atoms with van der Waals surface area (Å²) in [6, 6.07) is 17.2. The largest absolute Gasteiger partial charge is 0.495 e. The Morgan fingerprint density at radius 2 is 2.00 bits per heavy atom. The summed E-state index contributed by atoms with van der Waals surface area (Å²) in [5.41, 5.74) is 2.40. The SMILES string of the molecule is CN=C(NCc1ccc(SC)cc1)NC1CCN(c2ccccc2OC)C1. The second kappa shape index (κ2) is 9.55. The monoisotopic (exact) mass is 384 g/mol. The Hall–Kier alpha value is -2.34. The molecule has 1 atom stereocenters. The first-order valence-corrected chi connectivity index (χ1v) is 10.4. The molecule has 2 N–H and O–H groups in total. The first-order chi connectivity index (χ1) is 13.2. The van der Waals surface area contributed by atoms with Gasteiger partial charge in [-0.3, -0.25) is 4.99 Å². The number of thioether (sulfide) groups is 1. The molecule has 0 saturated carbocycles. The van der Waals surface area contributed by atoms with Crippen LogP contribution in [0.4, 0.5) is 5.69 Å². The van der Waals surface area contributed by atoms with E-state index in [-0.39, 0.29) is 0 Å². The van der Waals surface area contributed by atoms with E-state index in [2.05, 4.69) is 63.2 Å². The normalized spacial score (nSPS) is 17.1. The minimum Gasteiger partial charge on any atom is -0.495 e. The highest BCUT2D eigenvalue weighted by molar-refractivity contribution is 7.98. The third-order valence-corrected chi connectivity index (χ3v) is 5.54. The molecule has 144 valence electrons. The lowest BCUT2D eigenvalue weighted by molar-refractivity contribution is 0.415. The Morgan fingerprint density at radius 1 is 1.22 bits per heavy atom. The van der Waals surface area contributed by atoms with Crippen LogP contribution in [0, 0.1) is 0 Å². The summed E-state index contributed by atoms with van der Waals surface area (Å²) in [5, 5.41) is 6.96. The van der Waals surface area contributed by atoms with Gasteiger partial charge in [0.1, 0.15) is 5.75 Å². The van der Waals surface area contributed by atoms with Crippen molar-refractivity contribution in [2.45, 2.75) is 23.9 Å². The zero-order valence-electron chi connectivity index (χ0n) is 16.2. The summed E-state index contributed by atoms with van der Waals surface area (Å²) >= 11 is 1.76. The van der Waals surface area contributed by atoms with E-state index in [0.29, 0.717) is 6.04 Å². The van der Waals surface area contributed by atoms with E-state index in [0.717, 1.165) is 43.5 Å². The zero-order chi connectivity index (χ0) is 19.1. The molecule has 0 radical (unpaired) electrons. The molecule has 1 saturated heterocycles. The molecular weight excluding hydrogens is 356 g/mol. The minimum absolute atomic E-state index is 0.361. The summed E-state index contributed by atoms with van der Waals surface area (Å²) in [6.07, 6.45) is 3.16. The van der Waals surface area contributed by atoms with E-state index < -0.39 is 0 Å². The number of guanidine groups is 1. The lowest BCUT2D eigenvalue weighted by atomic mass is 10.2. The molecule has 6 heteroatoms. The molecule has 27 heavy (non-hydrogen) atoms. The Morgan fingerprint density at radius 3 is 2.70 bits per heavy atom. The fraction of sp³-hybridized carbons (Fsp3) is 0.381. The molecule has 0 bridgehead atoms. The van der Waals surface area contributed by atoms with Crippen molar-refractivity contribution in [3.63, 3.8) is 0 Å². The van der Waals surface area contributed by atoms with Crippen molar-refractivity contribution in [3.8, 4) is 5.75 Å². The van der Waals surface area contributed by atoms with Gasteiger partial charge in [-0.2, -0.15) is 0 Å². The van der Waals surface area contributed by atoms with Crippen LogP contribution in [0.3, 0.4) is 0 Å². The van der Waals surface area contributed by atoms with Crippen LogP contribution in [0.1, 0.15) is 12.0 Å². The zero-order valence-corrected chi connectivity index (χ0v) is 17.1. The van der Waals surface area contributed by atoms with E-state index >= 15 is 0 Å². The van der Waals surface area contributed by atoms with E-state index in [1.54, 1.807) is 18.9 Å². The van der Waals surface area contributed by atoms with Gasteiger partial charge >= 0.3 is 0 Å². The molecule has 2 aromatic rings.